The van der Waals surface area contributed by atoms with E-state index in [0.29, 0.717) is 11.6 Å². The lowest BCUT2D eigenvalue weighted by atomic mass is 9.86. The number of phenols is 1. The van der Waals surface area contributed by atoms with Crippen LogP contribution in [0.3, 0.4) is 0 Å². The number of nitrogens with one attached hydrogen (secondary N) is 2. The minimum atomic E-state index is -0.317. The van der Waals surface area contributed by atoms with Crippen LogP contribution in [-0.4, -0.2) is 31.0 Å². The van der Waals surface area contributed by atoms with Gasteiger partial charge in [-0.05, 0) is 30.7 Å². The summed E-state index contributed by atoms with van der Waals surface area (Å²) >= 11 is 0. The highest BCUT2D eigenvalue weighted by molar-refractivity contribution is 5.95. The molecule has 1 aromatic carbocycles. The van der Waals surface area contributed by atoms with Gasteiger partial charge >= 0.3 is 0 Å². The summed E-state index contributed by atoms with van der Waals surface area (Å²) in [5.41, 5.74) is 2.14. The number of aromatic nitrogens is 4. The van der Waals surface area contributed by atoms with Gasteiger partial charge in [-0.25, -0.2) is 5.10 Å². The van der Waals surface area contributed by atoms with Gasteiger partial charge in [-0.1, -0.05) is 12.1 Å². The summed E-state index contributed by atoms with van der Waals surface area (Å²) in [7, 11) is 0. The molecule has 0 unspecified atom stereocenters. The van der Waals surface area contributed by atoms with Gasteiger partial charge < -0.3 is 10.4 Å². The van der Waals surface area contributed by atoms with Crippen LogP contribution in [-0.2, 0) is 4.79 Å². The molecule has 0 saturated carbocycles. The van der Waals surface area contributed by atoms with E-state index in [2.05, 4.69) is 20.6 Å². The van der Waals surface area contributed by atoms with Gasteiger partial charge in [0.25, 0.3) is 5.56 Å². The third-order valence-electron chi connectivity index (χ3n) is 4.26. The van der Waals surface area contributed by atoms with Gasteiger partial charge in [0, 0.05) is 24.0 Å². The van der Waals surface area contributed by atoms with Gasteiger partial charge in [0.2, 0.25) is 5.91 Å². The summed E-state index contributed by atoms with van der Waals surface area (Å²) in [4.78, 5) is 23.5. The maximum atomic E-state index is 12.2. The number of hydrogen-bond acceptors (Lipinski definition) is 5. The average molecular weight is 337 g/mol. The van der Waals surface area contributed by atoms with E-state index in [1.165, 1.54) is 16.8 Å². The van der Waals surface area contributed by atoms with E-state index in [0.717, 1.165) is 16.8 Å². The number of aromatic hydroxyl groups is 1. The van der Waals surface area contributed by atoms with Gasteiger partial charge in [-0.2, -0.15) is 14.9 Å². The normalized spacial score (nSPS) is 16.4. The number of hydrogen-bond donors (Lipinski definition) is 3. The van der Waals surface area contributed by atoms with Crippen molar-refractivity contribution in [1.29, 1.82) is 0 Å². The Labute approximate surface area is 142 Å². The number of H-pyrrole nitrogens is 1. The van der Waals surface area contributed by atoms with Gasteiger partial charge in [-0.3, -0.25) is 9.59 Å². The molecule has 8 heteroatoms. The summed E-state index contributed by atoms with van der Waals surface area (Å²) in [6.45, 7) is 1.86. The number of aromatic amines is 1. The maximum absolute atomic E-state index is 12.2. The van der Waals surface area contributed by atoms with Crippen molar-refractivity contribution in [2.45, 2.75) is 19.3 Å². The van der Waals surface area contributed by atoms with Crippen LogP contribution in [0, 0.1) is 6.92 Å². The standard InChI is InChI=1S/C17H15N5O3/c1-9-16-12(10-3-2-4-11(23)7-10)8-15(25)18-17(16)22(21-9)13-5-6-14(24)20-19-13/h2-7,12,23H,8H2,1H3,(H,18,25)(H,20,24)/t12-/m0/s1. The Hall–Kier alpha value is -3.42. The van der Waals surface area contributed by atoms with Gasteiger partial charge in [0.15, 0.2) is 5.82 Å². The zero-order valence-corrected chi connectivity index (χ0v) is 13.4. The quantitative estimate of drug-likeness (QED) is 0.655. The molecule has 126 valence electrons. The Morgan fingerprint density at radius 1 is 1.24 bits per heavy atom. The first-order chi connectivity index (χ1) is 12.0. The molecule has 3 aromatic rings. The molecule has 1 aliphatic heterocycles. The molecule has 0 fully saturated rings. The molecule has 0 aliphatic carbocycles. The predicted molar refractivity (Wildman–Crippen MR) is 89.9 cm³/mol. The van der Waals surface area contributed by atoms with Gasteiger partial charge in [0.05, 0.1) is 5.69 Å². The Bertz CT molecular complexity index is 1020. The fourth-order valence-electron chi connectivity index (χ4n) is 3.19. The lowest BCUT2D eigenvalue weighted by molar-refractivity contribution is -0.116. The minimum absolute atomic E-state index is 0.147. The zero-order valence-electron chi connectivity index (χ0n) is 13.4. The molecule has 25 heavy (non-hydrogen) atoms. The predicted octanol–water partition coefficient (Wildman–Crippen LogP) is 1.44. The molecule has 1 aliphatic rings. The zero-order chi connectivity index (χ0) is 17.6. The highest BCUT2D eigenvalue weighted by Crippen LogP contribution is 2.40. The molecule has 8 nitrogen and oxygen atoms in total. The highest BCUT2D eigenvalue weighted by atomic mass is 16.3. The maximum Gasteiger partial charge on any atom is 0.264 e. The van der Waals surface area contributed by atoms with Crippen LogP contribution < -0.4 is 10.9 Å². The van der Waals surface area contributed by atoms with Crippen LogP contribution >= 0.6 is 0 Å². The number of phenolic OH excluding ortho intramolecular Hbond substituents is 1. The van der Waals surface area contributed by atoms with Crippen molar-refractivity contribution in [3.8, 4) is 11.6 Å². The summed E-state index contributed by atoms with van der Waals surface area (Å²) in [5, 5.41) is 23.4. The third kappa shape index (κ3) is 2.57. The molecule has 0 radical (unpaired) electrons. The number of carbonyl (C=O) groups excluding carboxylic acids is 1. The third-order valence-corrected chi connectivity index (χ3v) is 4.26. The van der Waals surface area contributed by atoms with Gasteiger partial charge in [-0.15, -0.1) is 0 Å². The van der Waals surface area contributed by atoms with E-state index in [-0.39, 0.29) is 29.6 Å². The Balaban J connectivity index is 1.89. The first-order valence-corrected chi connectivity index (χ1v) is 7.77. The summed E-state index contributed by atoms with van der Waals surface area (Å²) in [5.74, 6) is 0.721. The molecule has 0 spiro atoms. The molecule has 1 atom stereocenters. The highest BCUT2D eigenvalue weighted by Gasteiger charge is 2.33. The van der Waals surface area contributed by atoms with Crippen molar-refractivity contribution in [1.82, 2.24) is 20.0 Å². The van der Waals surface area contributed by atoms with Crippen LogP contribution in [0.5, 0.6) is 5.75 Å². The molecular weight excluding hydrogens is 322 g/mol. The lowest BCUT2D eigenvalue weighted by Gasteiger charge is -2.24. The largest absolute Gasteiger partial charge is 0.508 e. The number of carbonyl (C=O) groups is 1. The van der Waals surface area contributed by atoms with Crippen molar-refractivity contribution in [3.05, 3.63) is 63.6 Å². The van der Waals surface area contributed by atoms with Gasteiger partial charge in [0.1, 0.15) is 11.6 Å². The average Bonchev–Trinajstić information content (AvgIpc) is 2.91. The number of benzene rings is 1. The fourth-order valence-corrected chi connectivity index (χ4v) is 3.19. The van der Waals surface area contributed by atoms with E-state index in [1.807, 2.05) is 13.0 Å². The van der Waals surface area contributed by atoms with Crippen LogP contribution in [0.4, 0.5) is 5.82 Å². The Kier molecular flexibility index (Phi) is 3.38. The van der Waals surface area contributed by atoms with E-state index in [1.54, 1.807) is 18.2 Å². The number of aryl methyl sites for hydroxylation is 1. The molecule has 3 heterocycles. The lowest BCUT2D eigenvalue weighted by Crippen LogP contribution is -2.25. The van der Waals surface area contributed by atoms with Crippen LogP contribution in [0.25, 0.3) is 5.82 Å². The number of rotatable bonds is 2. The Morgan fingerprint density at radius 3 is 2.80 bits per heavy atom. The number of anilines is 1. The van der Waals surface area contributed by atoms with Crippen LogP contribution in [0.2, 0.25) is 0 Å². The Morgan fingerprint density at radius 2 is 2.08 bits per heavy atom. The summed E-state index contributed by atoms with van der Waals surface area (Å²) in [6.07, 6.45) is 0.266. The van der Waals surface area contributed by atoms with E-state index in [4.69, 9.17) is 0 Å². The van der Waals surface area contributed by atoms with Crippen molar-refractivity contribution in [3.63, 3.8) is 0 Å². The first kappa shape index (κ1) is 15.1. The number of nitrogens with zero attached hydrogens (tertiary/aromatic N) is 3. The summed E-state index contributed by atoms with van der Waals surface area (Å²) < 4.78 is 1.51. The van der Waals surface area contributed by atoms with E-state index >= 15 is 0 Å². The molecule has 0 saturated heterocycles. The molecule has 0 bridgehead atoms. The minimum Gasteiger partial charge on any atom is -0.508 e. The number of amides is 1. The van der Waals surface area contributed by atoms with Crippen molar-refractivity contribution in [2.75, 3.05) is 5.32 Å². The monoisotopic (exact) mass is 337 g/mol. The van der Waals surface area contributed by atoms with Crippen LogP contribution in [0.1, 0.15) is 29.2 Å². The van der Waals surface area contributed by atoms with Crippen molar-refractivity contribution in [2.24, 2.45) is 0 Å². The first-order valence-electron chi connectivity index (χ1n) is 7.77. The van der Waals surface area contributed by atoms with Crippen molar-refractivity contribution >= 4 is 11.7 Å². The molecule has 2 aromatic heterocycles. The molecule has 1 amide bonds. The summed E-state index contributed by atoms with van der Waals surface area (Å²) in [6, 6.07) is 9.76. The second-order valence-electron chi connectivity index (χ2n) is 5.94. The SMILES string of the molecule is Cc1nn(-c2ccc(=O)[nH]n2)c2c1[C@H](c1cccc(O)c1)CC(=O)N2. The van der Waals surface area contributed by atoms with Crippen LogP contribution in [0.15, 0.2) is 41.2 Å². The molecule has 3 N–H and O–H groups in total. The second-order valence-corrected chi connectivity index (χ2v) is 5.94. The smallest absolute Gasteiger partial charge is 0.264 e. The van der Waals surface area contributed by atoms with E-state index in [9.17, 15) is 14.7 Å². The van der Waals surface area contributed by atoms with Crippen molar-refractivity contribution < 1.29 is 9.90 Å². The number of fused-ring (bicyclic) bond motifs is 1. The van der Waals surface area contributed by atoms with E-state index < -0.39 is 0 Å². The second kappa shape index (κ2) is 5.59. The fraction of sp³-hybridized carbons (Fsp3) is 0.176. The molecule has 4 rings (SSSR count). The topological polar surface area (TPSA) is 113 Å². The molecular formula is C17H15N5O3.